The third kappa shape index (κ3) is 5.63. The molecule has 0 bridgehead atoms. The zero-order valence-electron chi connectivity index (χ0n) is 14.9. The standard InChI is InChI=1S/C23H29N.CH4/c1-5-10-22(15-13-19(4)7-3)24(17-6-2)23-16-14-20-11-8-9-12-21(20)18-23;/h5-7,10,13-16,18-19H,1-3,8-9,11-12,17H2,4H3;1H4/b15-13-,22-10+;. The van der Waals surface area contributed by atoms with Crippen LogP contribution < -0.4 is 4.90 Å². The largest absolute Gasteiger partial charge is 0.338 e. The van der Waals surface area contributed by atoms with Crippen molar-refractivity contribution in [1.82, 2.24) is 0 Å². The maximum atomic E-state index is 3.93. The van der Waals surface area contributed by atoms with Gasteiger partial charge in [-0.3, -0.25) is 0 Å². The maximum absolute atomic E-state index is 3.93. The predicted molar refractivity (Wildman–Crippen MR) is 114 cm³/mol. The molecular weight excluding hydrogens is 302 g/mol. The van der Waals surface area contributed by atoms with Crippen LogP contribution in [0.25, 0.3) is 0 Å². The molecule has 0 heterocycles. The summed E-state index contributed by atoms with van der Waals surface area (Å²) >= 11 is 0. The van der Waals surface area contributed by atoms with Crippen LogP contribution in [0.15, 0.2) is 80.1 Å². The molecule has 1 nitrogen and oxygen atoms in total. The first kappa shape index (κ1) is 20.8. The van der Waals surface area contributed by atoms with Gasteiger partial charge < -0.3 is 4.90 Å². The first-order chi connectivity index (χ1) is 11.7. The van der Waals surface area contributed by atoms with Gasteiger partial charge in [0.2, 0.25) is 0 Å². The Morgan fingerprint density at radius 2 is 1.88 bits per heavy atom. The molecule has 0 saturated heterocycles. The zero-order chi connectivity index (χ0) is 17.4. The molecule has 0 aromatic heterocycles. The molecule has 0 spiro atoms. The van der Waals surface area contributed by atoms with Crippen LogP contribution in [0.3, 0.4) is 0 Å². The fraction of sp³-hybridized carbons (Fsp3) is 0.333. The van der Waals surface area contributed by atoms with E-state index in [1.807, 2.05) is 18.2 Å². The van der Waals surface area contributed by atoms with Crippen molar-refractivity contribution >= 4 is 5.69 Å². The Balaban J connectivity index is 0.00000312. The molecule has 1 aromatic carbocycles. The van der Waals surface area contributed by atoms with Gasteiger partial charge in [0, 0.05) is 17.9 Å². The first-order valence-electron chi connectivity index (χ1n) is 8.83. The van der Waals surface area contributed by atoms with Crippen molar-refractivity contribution in [2.24, 2.45) is 5.92 Å². The molecule has 134 valence electrons. The van der Waals surface area contributed by atoms with Crippen LogP contribution in [0.2, 0.25) is 0 Å². The van der Waals surface area contributed by atoms with Crippen molar-refractivity contribution < 1.29 is 0 Å². The average Bonchev–Trinajstić information content (AvgIpc) is 2.62. The van der Waals surface area contributed by atoms with Gasteiger partial charge in [0.1, 0.15) is 0 Å². The number of benzene rings is 1. The predicted octanol–water partition coefficient (Wildman–Crippen LogP) is 6.64. The number of allylic oxidation sites excluding steroid dienone is 5. The molecule has 1 aliphatic rings. The van der Waals surface area contributed by atoms with E-state index in [1.54, 1.807) is 0 Å². The Kier molecular flexibility index (Phi) is 8.77. The number of anilines is 1. The minimum Gasteiger partial charge on any atom is -0.338 e. The van der Waals surface area contributed by atoms with Gasteiger partial charge in [-0.25, -0.2) is 0 Å². The van der Waals surface area contributed by atoms with Gasteiger partial charge in [0.25, 0.3) is 0 Å². The molecule has 0 amide bonds. The monoisotopic (exact) mass is 335 g/mol. The van der Waals surface area contributed by atoms with Gasteiger partial charge in [0.05, 0.1) is 0 Å². The summed E-state index contributed by atoms with van der Waals surface area (Å²) in [5.41, 5.74) is 5.34. The summed E-state index contributed by atoms with van der Waals surface area (Å²) in [6.45, 7) is 14.6. The molecule has 1 heteroatoms. The summed E-state index contributed by atoms with van der Waals surface area (Å²) in [5.74, 6) is 0.340. The molecule has 0 radical (unpaired) electrons. The minimum atomic E-state index is 0. The van der Waals surface area contributed by atoms with E-state index in [-0.39, 0.29) is 7.43 Å². The summed E-state index contributed by atoms with van der Waals surface area (Å²) < 4.78 is 0. The Hall–Kier alpha value is -2.28. The summed E-state index contributed by atoms with van der Waals surface area (Å²) in [6, 6.07) is 6.87. The minimum absolute atomic E-state index is 0. The van der Waals surface area contributed by atoms with Crippen molar-refractivity contribution in [3.63, 3.8) is 0 Å². The van der Waals surface area contributed by atoms with Crippen LogP contribution in [-0.2, 0) is 12.8 Å². The van der Waals surface area contributed by atoms with E-state index in [0.717, 1.165) is 12.2 Å². The van der Waals surface area contributed by atoms with Crippen LogP contribution in [0.5, 0.6) is 0 Å². The average molecular weight is 336 g/mol. The lowest BCUT2D eigenvalue weighted by atomic mass is 9.91. The van der Waals surface area contributed by atoms with Gasteiger partial charge in [-0.05, 0) is 67.0 Å². The number of aryl methyl sites for hydroxylation is 2. The Morgan fingerprint density at radius 3 is 2.52 bits per heavy atom. The van der Waals surface area contributed by atoms with Crippen molar-refractivity contribution in [2.75, 3.05) is 11.4 Å². The lowest BCUT2D eigenvalue weighted by Gasteiger charge is -2.27. The fourth-order valence-electron chi connectivity index (χ4n) is 3.06. The van der Waals surface area contributed by atoms with Crippen LogP contribution in [0.1, 0.15) is 38.3 Å². The molecule has 0 N–H and O–H groups in total. The molecule has 1 atom stereocenters. The summed E-state index contributed by atoms with van der Waals surface area (Å²) in [4.78, 5) is 2.29. The second-order valence-electron chi connectivity index (χ2n) is 6.34. The third-order valence-electron chi connectivity index (χ3n) is 4.50. The smallest absolute Gasteiger partial charge is 0.0416 e. The molecule has 0 aliphatic heterocycles. The summed E-state index contributed by atoms with van der Waals surface area (Å²) in [5, 5.41) is 0. The number of hydrogen-bond acceptors (Lipinski definition) is 1. The van der Waals surface area contributed by atoms with Gasteiger partial charge in [-0.15, -0.1) is 13.2 Å². The number of rotatable bonds is 8. The number of hydrogen-bond donors (Lipinski definition) is 0. The van der Waals surface area contributed by atoms with Crippen molar-refractivity contribution in [1.29, 1.82) is 0 Å². The van der Waals surface area contributed by atoms with E-state index in [0.29, 0.717) is 5.92 Å². The highest BCUT2D eigenvalue weighted by atomic mass is 15.1. The highest BCUT2D eigenvalue weighted by molar-refractivity contribution is 5.58. The molecule has 0 saturated carbocycles. The van der Waals surface area contributed by atoms with E-state index in [4.69, 9.17) is 0 Å². The summed E-state index contributed by atoms with van der Waals surface area (Å²) in [6.07, 6.45) is 17.1. The number of nitrogens with zero attached hydrogens (tertiary/aromatic N) is 1. The molecule has 1 aromatic rings. The van der Waals surface area contributed by atoms with Crippen LogP contribution in [-0.4, -0.2) is 6.54 Å². The van der Waals surface area contributed by atoms with Gasteiger partial charge >= 0.3 is 0 Å². The van der Waals surface area contributed by atoms with Gasteiger partial charge in [-0.1, -0.05) is 51.3 Å². The normalized spacial score (nSPS) is 15.0. The molecule has 25 heavy (non-hydrogen) atoms. The van der Waals surface area contributed by atoms with E-state index in [1.165, 1.54) is 42.5 Å². The Labute approximate surface area is 154 Å². The second kappa shape index (κ2) is 10.6. The topological polar surface area (TPSA) is 3.24 Å². The van der Waals surface area contributed by atoms with Gasteiger partial charge in [-0.2, -0.15) is 0 Å². The van der Waals surface area contributed by atoms with Crippen LogP contribution in [0.4, 0.5) is 5.69 Å². The van der Waals surface area contributed by atoms with Crippen molar-refractivity contribution in [2.45, 2.75) is 40.0 Å². The highest BCUT2D eigenvalue weighted by Gasteiger charge is 2.13. The second-order valence-corrected chi connectivity index (χ2v) is 6.34. The SMILES string of the molecule is C.C=C/C=C(\C=C/C(C)C=C)N(CC=C)c1ccc2c(c1)CCCC2. The first-order valence-corrected chi connectivity index (χ1v) is 8.83. The van der Waals surface area contributed by atoms with Crippen LogP contribution >= 0.6 is 0 Å². The lowest BCUT2D eigenvalue weighted by Crippen LogP contribution is -2.22. The maximum Gasteiger partial charge on any atom is 0.0416 e. The number of fused-ring (bicyclic) bond motifs is 1. The van der Waals surface area contributed by atoms with Crippen molar-refractivity contribution in [3.8, 4) is 0 Å². The molecule has 2 rings (SSSR count). The highest BCUT2D eigenvalue weighted by Crippen LogP contribution is 2.28. The van der Waals surface area contributed by atoms with E-state index < -0.39 is 0 Å². The molecular formula is C24H33N. The summed E-state index contributed by atoms with van der Waals surface area (Å²) in [7, 11) is 0. The Bertz CT molecular complexity index is 648. The quantitative estimate of drug-likeness (QED) is 0.380. The van der Waals surface area contributed by atoms with E-state index in [9.17, 15) is 0 Å². The van der Waals surface area contributed by atoms with Gasteiger partial charge in [0.15, 0.2) is 0 Å². The van der Waals surface area contributed by atoms with E-state index >= 15 is 0 Å². The zero-order valence-corrected chi connectivity index (χ0v) is 14.9. The molecule has 1 unspecified atom stereocenters. The molecule has 1 aliphatic carbocycles. The third-order valence-corrected chi connectivity index (χ3v) is 4.50. The lowest BCUT2D eigenvalue weighted by molar-refractivity contribution is 0.685. The molecule has 0 fully saturated rings. The fourth-order valence-corrected chi connectivity index (χ4v) is 3.06. The van der Waals surface area contributed by atoms with E-state index in [2.05, 4.69) is 68.0 Å². The Morgan fingerprint density at radius 1 is 1.16 bits per heavy atom. The van der Waals surface area contributed by atoms with Crippen LogP contribution in [0, 0.1) is 5.92 Å². The van der Waals surface area contributed by atoms with Crippen molar-refractivity contribution in [3.05, 3.63) is 91.2 Å².